The van der Waals surface area contributed by atoms with Crippen LogP contribution in [-0.2, 0) is 4.74 Å². The van der Waals surface area contributed by atoms with Crippen molar-refractivity contribution >= 4 is 17.6 Å². The van der Waals surface area contributed by atoms with E-state index in [1.54, 1.807) is 0 Å². The van der Waals surface area contributed by atoms with Gasteiger partial charge in [-0.3, -0.25) is 0 Å². The van der Waals surface area contributed by atoms with E-state index >= 15 is 0 Å². The van der Waals surface area contributed by atoms with Crippen LogP contribution in [0.15, 0.2) is 29.3 Å². The molecule has 2 rings (SSSR count). The second-order valence-electron chi connectivity index (χ2n) is 2.84. The van der Waals surface area contributed by atoms with Gasteiger partial charge in [-0.25, -0.2) is 4.99 Å². The highest BCUT2D eigenvalue weighted by Crippen LogP contribution is 2.22. The zero-order chi connectivity index (χ0) is 9.26. The van der Waals surface area contributed by atoms with Crippen molar-refractivity contribution in [2.45, 2.75) is 6.10 Å². The van der Waals surface area contributed by atoms with Gasteiger partial charge in [0.2, 0.25) is 0 Å². The Hall–Kier alpha value is -1.22. The zero-order valence-corrected chi connectivity index (χ0v) is 7.66. The van der Waals surface area contributed by atoms with Gasteiger partial charge in [0.05, 0.1) is 6.54 Å². The van der Waals surface area contributed by atoms with Crippen molar-refractivity contribution in [2.75, 3.05) is 6.54 Å². The van der Waals surface area contributed by atoms with Crippen molar-refractivity contribution in [1.82, 2.24) is 0 Å². The van der Waals surface area contributed by atoms with Crippen LogP contribution in [0, 0.1) is 0 Å². The van der Waals surface area contributed by atoms with E-state index in [1.165, 1.54) is 0 Å². The Morgan fingerprint density at radius 1 is 1.38 bits per heavy atom. The molecule has 0 amide bonds. The summed E-state index contributed by atoms with van der Waals surface area (Å²) in [5.41, 5.74) is 6.44. The summed E-state index contributed by atoms with van der Waals surface area (Å²) in [6.45, 7) is 0.591. The van der Waals surface area contributed by atoms with Gasteiger partial charge in [0, 0.05) is 5.02 Å². The first-order valence-corrected chi connectivity index (χ1v) is 4.35. The average Bonchev–Trinajstić information content (AvgIpc) is 2.53. The number of rotatable bonds is 1. The fraction of sp³-hybridized carbons (Fsp3) is 0.222. The summed E-state index contributed by atoms with van der Waals surface area (Å²) in [4.78, 5) is 3.96. The van der Waals surface area contributed by atoms with E-state index in [2.05, 4.69) is 4.99 Å². The lowest BCUT2D eigenvalue weighted by Crippen LogP contribution is -2.12. The lowest BCUT2D eigenvalue weighted by atomic mass is 10.1. The van der Waals surface area contributed by atoms with Crippen LogP contribution in [0.4, 0.5) is 0 Å². The molecule has 0 spiro atoms. The fourth-order valence-corrected chi connectivity index (χ4v) is 1.37. The lowest BCUT2D eigenvalue weighted by molar-refractivity contribution is 0.226. The van der Waals surface area contributed by atoms with Gasteiger partial charge in [-0.1, -0.05) is 23.7 Å². The second kappa shape index (κ2) is 3.26. The molecule has 1 aromatic rings. The van der Waals surface area contributed by atoms with Crippen molar-refractivity contribution in [3.63, 3.8) is 0 Å². The molecule has 0 aromatic heterocycles. The van der Waals surface area contributed by atoms with Gasteiger partial charge in [-0.2, -0.15) is 0 Å². The summed E-state index contributed by atoms with van der Waals surface area (Å²) in [6, 6.07) is 7.76. The molecular formula is C9H9ClN2O. The number of halogens is 1. The molecule has 0 radical (unpaired) electrons. The molecule has 0 aliphatic carbocycles. The Balaban J connectivity index is 2.14. The minimum Gasteiger partial charge on any atom is -0.455 e. The Kier molecular flexibility index (Phi) is 2.10. The Morgan fingerprint density at radius 2 is 2.08 bits per heavy atom. The standard InChI is InChI=1S/C9H9ClN2O/c10-7-3-1-6(2-4-7)8-5-12-9(11)13-8/h1-4,8H,5H2,(H2,11,12)/t8-/m0/s1. The molecular weight excluding hydrogens is 188 g/mol. The van der Waals surface area contributed by atoms with Gasteiger partial charge in [0.1, 0.15) is 6.10 Å². The predicted octanol–water partition coefficient (Wildman–Crippen LogP) is 1.73. The van der Waals surface area contributed by atoms with Crippen molar-refractivity contribution < 1.29 is 4.74 Å². The molecule has 13 heavy (non-hydrogen) atoms. The summed E-state index contributed by atoms with van der Waals surface area (Å²) in [5, 5.41) is 0.718. The summed E-state index contributed by atoms with van der Waals surface area (Å²) < 4.78 is 5.27. The molecule has 4 heteroatoms. The first kappa shape index (κ1) is 8.38. The quantitative estimate of drug-likeness (QED) is 0.744. The van der Waals surface area contributed by atoms with Crippen LogP contribution in [0.2, 0.25) is 5.02 Å². The molecule has 0 saturated heterocycles. The van der Waals surface area contributed by atoms with E-state index in [4.69, 9.17) is 22.1 Å². The van der Waals surface area contributed by atoms with Crippen LogP contribution in [0.1, 0.15) is 11.7 Å². The smallest absolute Gasteiger partial charge is 0.282 e. The average molecular weight is 197 g/mol. The number of hydrogen-bond acceptors (Lipinski definition) is 3. The van der Waals surface area contributed by atoms with Gasteiger partial charge in [0.25, 0.3) is 6.02 Å². The third-order valence-corrected chi connectivity index (χ3v) is 2.17. The SMILES string of the molecule is NC1=NC[C@@H](c2ccc(Cl)cc2)O1. The molecule has 1 aliphatic rings. The van der Waals surface area contributed by atoms with Crippen LogP contribution in [-0.4, -0.2) is 12.6 Å². The molecule has 1 aromatic carbocycles. The van der Waals surface area contributed by atoms with Gasteiger partial charge < -0.3 is 10.5 Å². The van der Waals surface area contributed by atoms with E-state index in [0.717, 1.165) is 10.6 Å². The van der Waals surface area contributed by atoms with E-state index < -0.39 is 0 Å². The highest BCUT2D eigenvalue weighted by molar-refractivity contribution is 6.30. The van der Waals surface area contributed by atoms with Crippen molar-refractivity contribution in [3.8, 4) is 0 Å². The molecule has 0 fully saturated rings. The largest absolute Gasteiger partial charge is 0.455 e. The maximum atomic E-state index is 5.75. The van der Waals surface area contributed by atoms with Crippen molar-refractivity contribution in [3.05, 3.63) is 34.9 Å². The number of amidine groups is 1. The maximum absolute atomic E-state index is 5.75. The van der Waals surface area contributed by atoms with Crippen molar-refractivity contribution in [1.29, 1.82) is 0 Å². The Morgan fingerprint density at radius 3 is 2.62 bits per heavy atom. The maximum Gasteiger partial charge on any atom is 0.282 e. The van der Waals surface area contributed by atoms with Crippen LogP contribution >= 0.6 is 11.6 Å². The molecule has 0 unspecified atom stereocenters. The van der Waals surface area contributed by atoms with E-state index in [9.17, 15) is 0 Å². The highest BCUT2D eigenvalue weighted by atomic mass is 35.5. The second-order valence-corrected chi connectivity index (χ2v) is 3.27. The molecule has 0 saturated carbocycles. The summed E-state index contributed by atoms with van der Waals surface area (Å²) in [7, 11) is 0. The number of ether oxygens (including phenoxy) is 1. The molecule has 1 aliphatic heterocycles. The number of hydrogen-bond donors (Lipinski definition) is 1. The van der Waals surface area contributed by atoms with Crippen LogP contribution in [0.25, 0.3) is 0 Å². The number of nitrogens with two attached hydrogens (primary N) is 1. The third kappa shape index (κ3) is 1.75. The number of nitrogens with zero attached hydrogens (tertiary/aromatic N) is 1. The first-order chi connectivity index (χ1) is 6.25. The highest BCUT2D eigenvalue weighted by Gasteiger charge is 2.18. The van der Waals surface area contributed by atoms with Gasteiger partial charge in [-0.05, 0) is 17.7 Å². The normalized spacial score (nSPS) is 21.0. The zero-order valence-electron chi connectivity index (χ0n) is 6.90. The third-order valence-electron chi connectivity index (χ3n) is 1.92. The van der Waals surface area contributed by atoms with E-state index in [-0.39, 0.29) is 12.1 Å². The number of aliphatic imine (C=N–C) groups is 1. The monoisotopic (exact) mass is 196 g/mol. The fourth-order valence-electron chi connectivity index (χ4n) is 1.24. The molecule has 1 heterocycles. The van der Waals surface area contributed by atoms with Crippen molar-refractivity contribution in [2.24, 2.45) is 10.7 Å². The van der Waals surface area contributed by atoms with Crippen LogP contribution in [0.3, 0.4) is 0 Å². The summed E-state index contributed by atoms with van der Waals surface area (Å²) in [6.07, 6.45) is -0.0442. The molecule has 2 N–H and O–H groups in total. The van der Waals surface area contributed by atoms with Gasteiger partial charge in [-0.15, -0.1) is 0 Å². The van der Waals surface area contributed by atoms with E-state index in [1.807, 2.05) is 24.3 Å². The van der Waals surface area contributed by atoms with Crippen LogP contribution in [0.5, 0.6) is 0 Å². The minimum absolute atomic E-state index is 0.0442. The molecule has 3 nitrogen and oxygen atoms in total. The summed E-state index contributed by atoms with van der Waals surface area (Å²) in [5.74, 6) is 0. The van der Waals surface area contributed by atoms with Gasteiger partial charge >= 0.3 is 0 Å². The first-order valence-electron chi connectivity index (χ1n) is 3.98. The number of benzene rings is 1. The Bertz CT molecular complexity index is 334. The predicted molar refractivity (Wildman–Crippen MR) is 51.8 cm³/mol. The molecule has 68 valence electrons. The van der Waals surface area contributed by atoms with E-state index in [0.29, 0.717) is 6.54 Å². The topological polar surface area (TPSA) is 47.6 Å². The summed E-state index contributed by atoms with van der Waals surface area (Å²) >= 11 is 5.75. The molecule has 1 atom stereocenters. The lowest BCUT2D eigenvalue weighted by Gasteiger charge is -2.09. The van der Waals surface area contributed by atoms with Crippen LogP contribution < -0.4 is 5.73 Å². The van der Waals surface area contributed by atoms with Gasteiger partial charge in [0.15, 0.2) is 0 Å². The molecule has 0 bridgehead atoms. The Labute approximate surface area is 81.2 Å². The minimum atomic E-state index is -0.0442.